The lowest BCUT2D eigenvalue weighted by molar-refractivity contribution is 0.0140. The molecule has 2 aliphatic heterocycles. The van der Waals surface area contributed by atoms with Gasteiger partial charge in [-0.25, -0.2) is 4.79 Å². The molecule has 0 bridgehead atoms. The topological polar surface area (TPSA) is 49.8 Å². The summed E-state index contributed by atoms with van der Waals surface area (Å²) in [5.74, 6) is 1.02. The van der Waals surface area contributed by atoms with Crippen LogP contribution in [0.5, 0.6) is 0 Å². The molecule has 1 aromatic rings. The number of likely N-dealkylation sites (tertiary alicyclic amines) is 1. The lowest BCUT2D eigenvalue weighted by Crippen LogP contribution is -2.40. The van der Waals surface area contributed by atoms with Crippen LogP contribution >= 0.6 is 11.8 Å². The van der Waals surface area contributed by atoms with Crippen molar-refractivity contribution >= 4 is 23.5 Å². The summed E-state index contributed by atoms with van der Waals surface area (Å²) < 4.78 is 4.99. The number of nitrogens with zero attached hydrogens (tertiary/aromatic N) is 1. The zero-order valence-corrected chi connectivity index (χ0v) is 16.9. The SMILES string of the molecule is O=C(O)OC1CCCN(CCC=C2C3=C(C=CCC3)SCc3ccccc32)C1. The minimum Gasteiger partial charge on any atom is -0.450 e. The zero-order chi connectivity index (χ0) is 19.3. The molecule has 0 spiro atoms. The summed E-state index contributed by atoms with van der Waals surface area (Å²) in [7, 11) is 0. The molecule has 4 nitrogen and oxygen atoms in total. The predicted octanol–water partition coefficient (Wildman–Crippen LogP) is 5.47. The fourth-order valence-electron chi connectivity index (χ4n) is 4.35. The average Bonchev–Trinajstić information content (AvgIpc) is 2.85. The lowest BCUT2D eigenvalue weighted by Gasteiger charge is -2.31. The molecule has 148 valence electrons. The first-order valence-corrected chi connectivity index (χ1v) is 11.1. The first kappa shape index (κ1) is 19.3. The molecule has 28 heavy (non-hydrogen) atoms. The largest absolute Gasteiger partial charge is 0.506 e. The average molecular weight is 398 g/mol. The second kappa shape index (κ2) is 9.01. The van der Waals surface area contributed by atoms with Gasteiger partial charge in [-0.1, -0.05) is 42.5 Å². The van der Waals surface area contributed by atoms with Crippen molar-refractivity contribution in [2.45, 2.75) is 44.0 Å². The van der Waals surface area contributed by atoms with E-state index >= 15 is 0 Å². The van der Waals surface area contributed by atoms with E-state index in [1.165, 1.54) is 27.2 Å². The summed E-state index contributed by atoms with van der Waals surface area (Å²) in [6.07, 6.45) is 10.6. The number of hydrogen-bond acceptors (Lipinski definition) is 4. The molecule has 1 aromatic carbocycles. The number of thioether (sulfide) groups is 1. The number of piperidine rings is 1. The summed E-state index contributed by atoms with van der Waals surface area (Å²) >= 11 is 1.95. The van der Waals surface area contributed by atoms with Gasteiger partial charge in [0.15, 0.2) is 0 Å². The Hall–Kier alpha value is -1.98. The minimum absolute atomic E-state index is 0.188. The van der Waals surface area contributed by atoms with Crippen molar-refractivity contribution < 1.29 is 14.6 Å². The quantitative estimate of drug-likeness (QED) is 0.683. The van der Waals surface area contributed by atoms with Crippen LogP contribution in [-0.2, 0) is 10.5 Å². The van der Waals surface area contributed by atoms with E-state index in [0.717, 1.165) is 50.9 Å². The molecule has 1 fully saturated rings. The Labute approximate surface area is 171 Å². The minimum atomic E-state index is -1.16. The molecule has 4 rings (SSSR count). The molecule has 1 atom stereocenters. The Morgan fingerprint density at radius 1 is 1.36 bits per heavy atom. The fraction of sp³-hybridized carbons (Fsp3) is 0.435. The summed E-state index contributed by atoms with van der Waals surface area (Å²) in [5.41, 5.74) is 5.67. The van der Waals surface area contributed by atoms with Gasteiger partial charge in [0.1, 0.15) is 6.10 Å². The van der Waals surface area contributed by atoms with Gasteiger partial charge >= 0.3 is 6.16 Å². The van der Waals surface area contributed by atoms with Gasteiger partial charge in [0.2, 0.25) is 0 Å². The Bertz CT molecular complexity index is 827. The lowest BCUT2D eigenvalue weighted by atomic mass is 9.89. The highest BCUT2D eigenvalue weighted by molar-refractivity contribution is 8.02. The summed E-state index contributed by atoms with van der Waals surface area (Å²) in [6.45, 7) is 2.67. The maximum absolute atomic E-state index is 10.8. The first-order chi connectivity index (χ1) is 13.7. The van der Waals surface area contributed by atoms with E-state index in [-0.39, 0.29) is 6.10 Å². The van der Waals surface area contributed by atoms with E-state index in [9.17, 15) is 4.79 Å². The van der Waals surface area contributed by atoms with E-state index in [2.05, 4.69) is 47.4 Å². The number of fused-ring (bicyclic) bond motifs is 1. The molecular formula is C23H27NO3S. The monoisotopic (exact) mass is 397 g/mol. The number of carboxylic acid groups (broad SMARTS) is 1. The van der Waals surface area contributed by atoms with E-state index in [4.69, 9.17) is 9.84 Å². The summed E-state index contributed by atoms with van der Waals surface area (Å²) in [5, 5.41) is 8.87. The van der Waals surface area contributed by atoms with Crippen LogP contribution in [0.15, 0.2) is 53.0 Å². The molecule has 1 saturated heterocycles. The third-order valence-electron chi connectivity index (χ3n) is 5.67. The normalized spacial score (nSPS) is 23.9. The molecule has 0 aromatic heterocycles. The van der Waals surface area contributed by atoms with Gasteiger partial charge in [-0.15, -0.1) is 11.8 Å². The number of rotatable bonds is 4. The Morgan fingerprint density at radius 2 is 2.25 bits per heavy atom. The second-order valence-corrected chi connectivity index (χ2v) is 8.60. The first-order valence-electron chi connectivity index (χ1n) is 10.1. The number of benzene rings is 1. The number of hydrogen-bond donors (Lipinski definition) is 1. The fourth-order valence-corrected chi connectivity index (χ4v) is 5.49. The molecule has 0 saturated carbocycles. The van der Waals surface area contributed by atoms with Crippen molar-refractivity contribution in [3.63, 3.8) is 0 Å². The van der Waals surface area contributed by atoms with Gasteiger partial charge in [-0.05, 0) is 60.9 Å². The highest BCUT2D eigenvalue weighted by Crippen LogP contribution is 2.43. The standard InChI is InChI=1S/C23H27NO3S/c25-23(26)27-18-8-5-13-24(15-18)14-6-11-20-19-9-2-1-7-17(19)16-28-22-12-4-3-10-21(20)22/h1-2,4,7,9,11-12,18H,3,5-6,8,10,13-16H2,(H,25,26). The molecule has 5 heteroatoms. The third-order valence-corrected chi connectivity index (χ3v) is 6.82. The van der Waals surface area contributed by atoms with Crippen molar-refractivity contribution in [3.8, 4) is 0 Å². The van der Waals surface area contributed by atoms with Gasteiger partial charge in [0, 0.05) is 23.7 Å². The van der Waals surface area contributed by atoms with Crippen molar-refractivity contribution in [2.75, 3.05) is 19.6 Å². The van der Waals surface area contributed by atoms with E-state index < -0.39 is 6.16 Å². The van der Waals surface area contributed by atoms with E-state index in [1.807, 2.05) is 11.8 Å². The summed E-state index contributed by atoms with van der Waals surface area (Å²) in [6, 6.07) is 8.78. The van der Waals surface area contributed by atoms with Gasteiger partial charge in [0.25, 0.3) is 0 Å². The molecule has 3 aliphatic rings. The molecular weight excluding hydrogens is 370 g/mol. The highest BCUT2D eigenvalue weighted by Gasteiger charge is 2.23. The molecule has 1 aliphatic carbocycles. The van der Waals surface area contributed by atoms with Crippen LogP contribution in [-0.4, -0.2) is 41.9 Å². The van der Waals surface area contributed by atoms with Crippen LogP contribution in [0.4, 0.5) is 4.79 Å². The highest BCUT2D eigenvalue weighted by atomic mass is 32.2. The van der Waals surface area contributed by atoms with Crippen molar-refractivity contribution in [2.24, 2.45) is 0 Å². The molecule has 1 unspecified atom stereocenters. The van der Waals surface area contributed by atoms with Crippen molar-refractivity contribution in [1.82, 2.24) is 4.90 Å². The Kier molecular flexibility index (Phi) is 6.23. The molecule has 1 N–H and O–H groups in total. The van der Waals surface area contributed by atoms with Gasteiger partial charge < -0.3 is 9.84 Å². The van der Waals surface area contributed by atoms with Crippen LogP contribution in [0.2, 0.25) is 0 Å². The van der Waals surface area contributed by atoms with Gasteiger partial charge in [-0.3, -0.25) is 4.90 Å². The van der Waals surface area contributed by atoms with E-state index in [0.29, 0.717) is 6.54 Å². The molecule has 2 heterocycles. The maximum atomic E-state index is 10.8. The van der Waals surface area contributed by atoms with Crippen LogP contribution in [0.1, 0.15) is 43.2 Å². The molecule has 0 amide bonds. The van der Waals surface area contributed by atoms with Crippen LogP contribution in [0.25, 0.3) is 5.57 Å². The smallest absolute Gasteiger partial charge is 0.450 e. The Morgan fingerprint density at radius 3 is 3.14 bits per heavy atom. The predicted molar refractivity (Wildman–Crippen MR) is 114 cm³/mol. The number of ether oxygens (including phenoxy) is 1. The Balaban J connectivity index is 1.50. The van der Waals surface area contributed by atoms with Crippen LogP contribution in [0.3, 0.4) is 0 Å². The van der Waals surface area contributed by atoms with Crippen LogP contribution < -0.4 is 0 Å². The van der Waals surface area contributed by atoms with Gasteiger partial charge in [0.05, 0.1) is 0 Å². The van der Waals surface area contributed by atoms with Crippen molar-refractivity contribution in [1.29, 1.82) is 0 Å². The van der Waals surface area contributed by atoms with E-state index in [1.54, 1.807) is 0 Å². The summed E-state index contributed by atoms with van der Waals surface area (Å²) in [4.78, 5) is 14.6. The third kappa shape index (κ3) is 4.53. The van der Waals surface area contributed by atoms with Crippen LogP contribution in [0, 0.1) is 0 Å². The van der Waals surface area contributed by atoms with Gasteiger partial charge in [-0.2, -0.15) is 0 Å². The zero-order valence-electron chi connectivity index (χ0n) is 16.1. The van der Waals surface area contributed by atoms with Crippen molar-refractivity contribution in [3.05, 3.63) is 64.1 Å². The second-order valence-electron chi connectivity index (χ2n) is 7.58. The number of allylic oxidation sites excluding steroid dienone is 4. The molecule has 0 radical (unpaired) electrons. The number of carbonyl (C=O) groups is 1. The maximum Gasteiger partial charge on any atom is 0.506 e.